The second kappa shape index (κ2) is 4.37. The fourth-order valence-corrected chi connectivity index (χ4v) is 0.360. The van der Waals surface area contributed by atoms with Crippen LogP contribution >= 0.6 is 11.6 Å². The minimum absolute atomic E-state index is 0.0185. The van der Waals surface area contributed by atoms with E-state index in [1.54, 1.807) is 7.11 Å². The predicted octanol–water partition coefficient (Wildman–Crippen LogP) is 0.233. The molecule has 0 spiro atoms. The second-order valence-electron chi connectivity index (χ2n) is 1.24. The number of rotatable bonds is 3. The number of aliphatic hydroxyl groups is 1. The van der Waals surface area contributed by atoms with Crippen molar-refractivity contribution in [2.24, 2.45) is 0 Å². The molecule has 0 saturated heterocycles. The van der Waals surface area contributed by atoms with E-state index in [-0.39, 0.29) is 12.0 Å². The molecule has 0 radical (unpaired) electrons. The minimum Gasteiger partial charge on any atom is -0.395 e. The molecule has 0 aromatic rings. The molecule has 0 saturated carbocycles. The Morgan fingerprint density at radius 3 is 2.57 bits per heavy atom. The summed E-state index contributed by atoms with van der Waals surface area (Å²) in [6.45, 7) is 0.396. The third-order valence-corrected chi connectivity index (χ3v) is 0.810. The van der Waals surface area contributed by atoms with Crippen molar-refractivity contribution in [1.82, 2.24) is 0 Å². The van der Waals surface area contributed by atoms with E-state index in [1.165, 1.54) is 0 Å². The van der Waals surface area contributed by atoms with Crippen LogP contribution in [0.15, 0.2) is 0 Å². The Morgan fingerprint density at radius 1 is 1.86 bits per heavy atom. The molecular weight excluding hydrogens is 115 g/mol. The SMILES string of the molecule is COCC(Cl)CO. The first kappa shape index (κ1) is 7.21. The Hall–Kier alpha value is 0.210. The summed E-state index contributed by atoms with van der Waals surface area (Å²) in [4.78, 5) is 0. The van der Waals surface area contributed by atoms with Gasteiger partial charge in [0, 0.05) is 7.11 Å². The summed E-state index contributed by atoms with van der Waals surface area (Å²) < 4.78 is 4.60. The number of hydrogen-bond acceptors (Lipinski definition) is 2. The van der Waals surface area contributed by atoms with Crippen LogP contribution in [-0.2, 0) is 4.74 Å². The largest absolute Gasteiger partial charge is 0.395 e. The number of hydrogen-bond donors (Lipinski definition) is 1. The zero-order valence-electron chi connectivity index (χ0n) is 4.22. The average Bonchev–Trinajstić information content (AvgIpc) is 1.68. The van der Waals surface area contributed by atoms with Gasteiger partial charge in [-0.2, -0.15) is 0 Å². The third kappa shape index (κ3) is 4.05. The molecule has 7 heavy (non-hydrogen) atoms. The molecule has 2 nitrogen and oxygen atoms in total. The second-order valence-corrected chi connectivity index (χ2v) is 1.85. The van der Waals surface area contributed by atoms with Crippen LogP contribution in [0.25, 0.3) is 0 Å². The highest BCUT2D eigenvalue weighted by Gasteiger charge is 1.97. The van der Waals surface area contributed by atoms with Crippen LogP contribution in [0.3, 0.4) is 0 Å². The molecule has 0 fully saturated rings. The highest BCUT2D eigenvalue weighted by atomic mass is 35.5. The van der Waals surface area contributed by atoms with Crippen LogP contribution in [0.2, 0.25) is 0 Å². The first-order chi connectivity index (χ1) is 3.31. The molecule has 0 amide bonds. The van der Waals surface area contributed by atoms with E-state index in [0.717, 1.165) is 0 Å². The lowest BCUT2D eigenvalue weighted by Gasteiger charge is -2.00. The molecule has 44 valence electrons. The monoisotopic (exact) mass is 124 g/mol. The first-order valence-electron chi connectivity index (χ1n) is 2.05. The summed E-state index contributed by atoms with van der Waals surface area (Å²) in [5.41, 5.74) is 0. The van der Waals surface area contributed by atoms with Gasteiger partial charge in [-0.3, -0.25) is 0 Å². The summed E-state index contributed by atoms with van der Waals surface area (Å²) >= 11 is 5.39. The maximum Gasteiger partial charge on any atom is 0.0800 e. The zero-order chi connectivity index (χ0) is 5.70. The van der Waals surface area contributed by atoms with Gasteiger partial charge in [-0.05, 0) is 0 Å². The van der Waals surface area contributed by atoms with Crippen molar-refractivity contribution < 1.29 is 9.84 Å². The fraction of sp³-hybridized carbons (Fsp3) is 1.00. The number of ether oxygens (including phenoxy) is 1. The Balaban J connectivity index is 2.83. The molecule has 0 bridgehead atoms. The normalized spacial score (nSPS) is 14.1. The standard InChI is InChI=1S/C4H9ClO2/c1-7-3-4(5)2-6/h4,6H,2-3H2,1H3. The number of alkyl halides is 1. The number of aliphatic hydroxyl groups excluding tert-OH is 1. The van der Waals surface area contributed by atoms with Gasteiger partial charge in [0.05, 0.1) is 18.6 Å². The lowest BCUT2D eigenvalue weighted by molar-refractivity contribution is 0.170. The molecule has 0 aliphatic rings. The summed E-state index contributed by atoms with van der Waals surface area (Å²) in [5, 5.41) is 8.01. The molecule has 0 aromatic carbocycles. The Morgan fingerprint density at radius 2 is 2.43 bits per heavy atom. The van der Waals surface area contributed by atoms with E-state index in [1.807, 2.05) is 0 Å². The molecule has 1 atom stereocenters. The third-order valence-electron chi connectivity index (χ3n) is 0.546. The first-order valence-corrected chi connectivity index (χ1v) is 2.48. The summed E-state index contributed by atoms with van der Waals surface area (Å²) in [5.74, 6) is 0. The summed E-state index contributed by atoms with van der Waals surface area (Å²) in [6, 6.07) is 0. The summed E-state index contributed by atoms with van der Waals surface area (Å²) in [6.07, 6.45) is 0. The van der Waals surface area contributed by atoms with E-state index < -0.39 is 0 Å². The Kier molecular flexibility index (Phi) is 4.50. The topological polar surface area (TPSA) is 29.5 Å². The maximum atomic E-state index is 8.25. The minimum atomic E-state index is -0.245. The van der Waals surface area contributed by atoms with Crippen LogP contribution in [-0.4, -0.2) is 30.8 Å². The van der Waals surface area contributed by atoms with E-state index in [0.29, 0.717) is 6.61 Å². The van der Waals surface area contributed by atoms with Gasteiger partial charge in [-0.25, -0.2) is 0 Å². The van der Waals surface area contributed by atoms with Gasteiger partial charge in [-0.15, -0.1) is 11.6 Å². The van der Waals surface area contributed by atoms with Crippen LogP contribution in [0.4, 0.5) is 0 Å². The van der Waals surface area contributed by atoms with Gasteiger partial charge in [0.25, 0.3) is 0 Å². The summed E-state index contributed by atoms with van der Waals surface area (Å²) in [7, 11) is 1.55. The quantitative estimate of drug-likeness (QED) is 0.546. The maximum absolute atomic E-state index is 8.25. The molecule has 0 aliphatic heterocycles. The predicted molar refractivity (Wildman–Crippen MR) is 28.6 cm³/mol. The number of halogens is 1. The van der Waals surface area contributed by atoms with Gasteiger partial charge in [0.1, 0.15) is 0 Å². The Bertz CT molecular complexity index is 40.7. The lowest BCUT2D eigenvalue weighted by Crippen LogP contribution is -2.11. The van der Waals surface area contributed by atoms with Crippen molar-refractivity contribution in [3.8, 4) is 0 Å². The van der Waals surface area contributed by atoms with Crippen molar-refractivity contribution in [3.63, 3.8) is 0 Å². The fourth-order valence-electron chi connectivity index (χ4n) is 0.234. The Labute approximate surface area is 48.0 Å². The molecule has 1 unspecified atom stereocenters. The van der Waals surface area contributed by atoms with Gasteiger partial charge in [-0.1, -0.05) is 0 Å². The molecule has 3 heteroatoms. The van der Waals surface area contributed by atoms with E-state index in [9.17, 15) is 0 Å². The van der Waals surface area contributed by atoms with Crippen LogP contribution < -0.4 is 0 Å². The molecule has 1 N–H and O–H groups in total. The molecule has 0 aliphatic carbocycles. The zero-order valence-corrected chi connectivity index (χ0v) is 4.98. The lowest BCUT2D eigenvalue weighted by atomic mass is 10.5. The van der Waals surface area contributed by atoms with Gasteiger partial charge >= 0.3 is 0 Å². The smallest absolute Gasteiger partial charge is 0.0800 e. The van der Waals surface area contributed by atoms with Crippen molar-refractivity contribution in [3.05, 3.63) is 0 Å². The van der Waals surface area contributed by atoms with Gasteiger partial charge in [0.15, 0.2) is 0 Å². The molecular formula is C4H9ClO2. The van der Waals surface area contributed by atoms with E-state index >= 15 is 0 Å². The van der Waals surface area contributed by atoms with E-state index in [2.05, 4.69) is 4.74 Å². The van der Waals surface area contributed by atoms with E-state index in [4.69, 9.17) is 16.7 Å². The highest BCUT2D eigenvalue weighted by molar-refractivity contribution is 6.20. The molecule has 0 rings (SSSR count). The molecule has 0 aromatic heterocycles. The molecule has 0 heterocycles. The highest BCUT2D eigenvalue weighted by Crippen LogP contribution is 1.91. The van der Waals surface area contributed by atoms with Crippen molar-refractivity contribution >= 4 is 11.6 Å². The van der Waals surface area contributed by atoms with Crippen molar-refractivity contribution in [2.45, 2.75) is 5.38 Å². The van der Waals surface area contributed by atoms with Gasteiger partial charge < -0.3 is 9.84 Å². The van der Waals surface area contributed by atoms with Crippen molar-refractivity contribution in [2.75, 3.05) is 20.3 Å². The van der Waals surface area contributed by atoms with Crippen LogP contribution in [0.5, 0.6) is 0 Å². The van der Waals surface area contributed by atoms with Crippen LogP contribution in [0.1, 0.15) is 0 Å². The number of methoxy groups -OCH3 is 1. The van der Waals surface area contributed by atoms with Crippen LogP contribution in [0, 0.1) is 0 Å². The van der Waals surface area contributed by atoms with Crippen molar-refractivity contribution in [1.29, 1.82) is 0 Å². The average molecular weight is 125 g/mol. The van der Waals surface area contributed by atoms with Gasteiger partial charge in [0.2, 0.25) is 0 Å².